The zero-order chi connectivity index (χ0) is 21.7. The van der Waals surface area contributed by atoms with E-state index >= 15 is 0 Å². The Hall–Kier alpha value is -2.81. The molecule has 162 valence electrons. The number of amides is 2. The molecule has 2 aliphatic heterocycles. The molecular weight excluding hydrogens is 412 g/mol. The lowest BCUT2D eigenvalue weighted by atomic mass is 9.91. The van der Waals surface area contributed by atoms with Gasteiger partial charge in [0.15, 0.2) is 5.92 Å². The fraction of sp³-hybridized carbons (Fsp3) is 0.500. The number of carbonyl (C=O) groups is 3. The van der Waals surface area contributed by atoms with Gasteiger partial charge in [-0.15, -0.1) is 0 Å². The number of rotatable bonds is 4. The van der Waals surface area contributed by atoms with Gasteiger partial charge < -0.3 is 19.3 Å². The Morgan fingerprint density at radius 2 is 1.73 bits per heavy atom. The zero-order valence-corrected chi connectivity index (χ0v) is 17.7. The lowest BCUT2D eigenvalue weighted by molar-refractivity contribution is -0.153. The SMILES string of the molecule is CCOC(=O)[C@H]1C(=O)NC(N2CCN(C(=O)OCC)CC2)=N[C@H]1c1ccc(Cl)cc1. The summed E-state index contributed by atoms with van der Waals surface area (Å²) in [5.41, 5.74) is 0.690. The fourth-order valence-corrected chi connectivity index (χ4v) is 3.57. The molecule has 1 aromatic carbocycles. The molecule has 1 aromatic rings. The molecule has 2 aliphatic rings. The van der Waals surface area contributed by atoms with Gasteiger partial charge in [-0.3, -0.25) is 14.9 Å². The van der Waals surface area contributed by atoms with Gasteiger partial charge in [-0.05, 0) is 31.5 Å². The Balaban J connectivity index is 1.82. The molecule has 3 rings (SSSR count). The van der Waals surface area contributed by atoms with Crippen LogP contribution >= 0.6 is 11.6 Å². The van der Waals surface area contributed by atoms with Crippen LogP contribution in [0.2, 0.25) is 5.02 Å². The predicted octanol–water partition coefficient (Wildman–Crippen LogP) is 1.82. The van der Waals surface area contributed by atoms with E-state index in [1.54, 1.807) is 43.0 Å². The van der Waals surface area contributed by atoms with Crippen molar-refractivity contribution in [3.63, 3.8) is 0 Å². The summed E-state index contributed by atoms with van der Waals surface area (Å²) in [6, 6.07) is 6.15. The highest BCUT2D eigenvalue weighted by Crippen LogP contribution is 2.31. The second kappa shape index (κ2) is 9.80. The van der Waals surface area contributed by atoms with E-state index in [1.165, 1.54) is 0 Å². The van der Waals surface area contributed by atoms with Crippen LogP contribution in [0.25, 0.3) is 0 Å². The smallest absolute Gasteiger partial charge is 0.409 e. The Morgan fingerprint density at radius 3 is 2.33 bits per heavy atom. The molecule has 0 spiro atoms. The van der Waals surface area contributed by atoms with Gasteiger partial charge in [0, 0.05) is 31.2 Å². The number of carbonyl (C=O) groups excluding carboxylic acids is 3. The molecule has 9 nitrogen and oxygen atoms in total. The summed E-state index contributed by atoms with van der Waals surface area (Å²) in [6.07, 6.45) is -0.354. The maximum Gasteiger partial charge on any atom is 0.409 e. The van der Waals surface area contributed by atoms with Gasteiger partial charge in [0.2, 0.25) is 11.9 Å². The van der Waals surface area contributed by atoms with Crippen molar-refractivity contribution in [3.05, 3.63) is 34.9 Å². The number of hydrogen-bond acceptors (Lipinski definition) is 7. The minimum Gasteiger partial charge on any atom is -0.465 e. The monoisotopic (exact) mass is 436 g/mol. The number of benzene rings is 1. The maximum atomic E-state index is 12.8. The maximum absolute atomic E-state index is 12.8. The molecule has 1 N–H and O–H groups in total. The molecule has 1 fully saturated rings. The van der Waals surface area contributed by atoms with Gasteiger partial charge >= 0.3 is 12.1 Å². The highest BCUT2D eigenvalue weighted by atomic mass is 35.5. The average Bonchev–Trinajstić information content (AvgIpc) is 2.74. The molecule has 2 atom stereocenters. The second-order valence-electron chi connectivity index (χ2n) is 6.84. The van der Waals surface area contributed by atoms with Gasteiger partial charge in [-0.1, -0.05) is 23.7 Å². The van der Waals surface area contributed by atoms with Crippen molar-refractivity contribution < 1.29 is 23.9 Å². The lowest BCUT2D eigenvalue weighted by Gasteiger charge is -2.38. The van der Waals surface area contributed by atoms with Crippen LogP contribution in [0.5, 0.6) is 0 Å². The summed E-state index contributed by atoms with van der Waals surface area (Å²) >= 11 is 5.98. The molecule has 0 unspecified atom stereocenters. The molecule has 2 amide bonds. The molecule has 2 heterocycles. The van der Waals surface area contributed by atoms with Gasteiger partial charge in [0.1, 0.15) is 6.04 Å². The number of aliphatic imine (C=N–C) groups is 1. The third-order valence-electron chi connectivity index (χ3n) is 4.95. The second-order valence-corrected chi connectivity index (χ2v) is 7.28. The van der Waals surface area contributed by atoms with Crippen molar-refractivity contribution in [1.82, 2.24) is 15.1 Å². The largest absolute Gasteiger partial charge is 0.465 e. The Morgan fingerprint density at radius 1 is 1.10 bits per heavy atom. The Labute approximate surface area is 180 Å². The number of piperazine rings is 1. The van der Waals surface area contributed by atoms with Crippen molar-refractivity contribution >= 4 is 35.5 Å². The van der Waals surface area contributed by atoms with Crippen LogP contribution < -0.4 is 5.32 Å². The standard InChI is InChI=1S/C20H25ClN4O5/c1-3-29-18(27)15-16(13-5-7-14(21)8-6-13)22-19(23-17(15)26)24-9-11-25(12-10-24)20(28)30-4-2/h5-8,15-16H,3-4,9-12H2,1-2H3,(H,22,23,26)/t15-,16+/m1/s1. The number of nitrogens with zero attached hydrogens (tertiary/aromatic N) is 3. The van der Waals surface area contributed by atoms with Crippen LogP contribution in [0.15, 0.2) is 29.3 Å². The third-order valence-corrected chi connectivity index (χ3v) is 5.20. The summed E-state index contributed by atoms with van der Waals surface area (Å²) in [5, 5.41) is 3.28. The van der Waals surface area contributed by atoms with Crippen molar-refractivity contribution in [3.8, 4) is 0 Å². The first-order chi connectivity index (χ1) is 14.4. The molecule has 10 heteroatoms. The number of guanidine groups is 1. The molecule has 0 bridgehead atoms. The van der Waals surface area contributed by atoms with Crippen molar-refractivity contribution in [2.24, 2.45) is 10.9 Å². The summed E-state index contributed by atoms with van der Waals surface area (Å²) < 4.78 is 10.1. The van der Waals surface area contributed by atoms with Crippen molar-refractivity contribution in [2.75, 3.05) is 39.4 Å². The summed E-state index contributed by atoms with van der Waals surface area (Å²) in [6.45, 7) is 5.79. The predicted molar refractivity (Wildman–Crippen MR) is 110 cm³/mol. The molecule has 30 heavy (non-hydrogen) atoms. The topological polar surface area (TPSA) is 101 Å². The third kappa shape index (κ3) is 4.84. The van der Waals surface area contributed by atoms with Gasteiger partial charge in [-0.25, -0.2) is 9.79 Å². The van der Waals surface area contributed by atoms with Gasteiger partial charge in [0.05, 0.1) is 13.2 Å². The number of nitrogens with one attached hydrogen (secondary N) is 1. The quantitative estimate of drug-likeness (QED) is 0.570. The molecular formula is C20H25ClN4O5. The van der Waals surface area contributed by atoms with Crippen LogP contribution in [0, 0.1) is 5.92 Å². The normalized spacial score (nSPS) is 21.6. The van der Waals surface area contributed by atoms with Gasteiger partial charge in [0.25, 0.3) is 0 Å². The molecule has 0 saturated carbocycles. The Bertz CT molecular complexity index is 821. The van der Waals surface area contributed by atoms with E-state index in [0.29, 0.717) is 49.3 Å². The first kappa shape index (κ1) is 21.9. The molecule has 0 radical (unpaired) electrons. The molecule has 1 saturated heterocycles. The molecule has 0 aromatic heterocycles. The zero-order valence-electron chi connectivity index (χ0n) is 17.0. The minimum atomic E-state index is -1.09. The summed E-state index contributed by atoms with van der Waals surface area (Å²) in [4.78, 5) is 45.4. The molecule has 0 aliphatic carbocycles. The van der Waals surface area contributed by atoms with E-state index in [1.807, 2.05) is 4.90 Å². The number of hydrogen-bond donors (Lipinski definition) is 1. The van der Waals surface area contributed by atoms with Crippen LogP contribution in [0.4, 0.5) is 4.79 Å². The minimum absolute atomic E-state index is 0.169. The van der Waals surface area contributed by atoms with E-state index in [2.05, 4.69) is 10.3 Å². The van der Waals surface area contributed by atoms with E-state index < -0.39 is 23.8 Å². The first-order valence-corrected chi connectivity index (χ1v) is 10.3. The lowest BCUT2D eigenvalue weighted by Crippen LogP contribution is -2.58. The van der Waals surface area contributed by atoms with Crippen LogP contribution in [0.3, 0.4) is 0 Å². The summed E-state index contributed by atoms with van der Waals surface area (Å²) in [7, 11) is 0. The number of ether oxygens (including phenoxy) is 2. The number of halogens is 1. The van der Waals surface area contributed by atoms with E-state index in [9.17, 15) is 14.4 Å². The van der Waals surface area contributed by atoms with Crippen LogP contribution in [-0.4, -0.2) is 73.1 Å². The average molecular weight is 437 g/mol. The van der Waals surface area contributed by atoms with Crippen LogP contribution in [-0.2, 0) is 19.1 Å². The van der Waals surface area contributed by atoms with Crippen molar-refractivity contribution in [2.45, 2.75) is 19.9 Å². The summed E-state index contributed by atoms with van der Waals surface area (Å²) in [5.74, 6) is -1.80. The van der Waals surface area contributed by atoms with E-state index in [0.717, 1.165) is 0 Å². The van der Waals surface area contributed by atoms with Crippen LogP contribution in [0.1, 0.15) is 25.5 Å². The van der Waals surface area contributed by atoms with E-state index in [4.69, 9.17) is 21.1 Å². The fourth-order valence-electron chi connectivity index (χ4n) is 3.44. The highest BCUT2D eigenvalue weighted by molar-refractivity contribution is 6.30. The number of esters is 1. The first-order valence-electron chi connectivity index (χ1n) is 9.92. The van der Waals surface area contributed by atoms with E-state index in [-0.39, 0.29) is 12.7 Å². The Kier molecular flexibility index (Phi) is 7.15. The van der Waals surface area contributed by atoms with Crippen molar-refractivity contribution in [1.29, 1.82) is 0 Å². The highest BCUT2D eigenvalue weighted by Gasteiger charge is 2.42. The van der Waals surface area contributed by atoms with Gasteiger partial charge in [-0.2, -0.15) is 0 Å².